The average Bonchev–Trinajstić information content (AvgIpc) is 2.82. The average molecular weight is 253 g/mol. The van der Waals surface area contributed by atoms with E-state index >= 15 is 0 Å². The Hall–Kier alpha value is -2.69. The number of hydrazone groups is 1. The van der Waals surface area contributed by atoms with Crippen LogP contribution in [0.2, 0.25) is 0 Å². The number of carbonyl (C=O) groups excluding carboxylic acids is 1. The van der Waals surface area contributed by atoms with Gasteiger partial charge >= 0.3 is 0 Å². The van der Waals surface area contributed by atoms with Gasteiger partial charge in [-0.1, -0.05) is 6.07 Å². The van der Waals surface area contributed by atoms with E-state index in [9.17, 15) is 9.90 Å². The Bertz CT molecular complexity index is 653. The number of amides is 1. The van der Waals surface area contributed by atoms with Crippen molar-refractivity contribution in [2.75, 3.05) is 5.01 Å². The van der Waals surface area contributed by atoms with Crippen LogP contribution in [0.5, 0.6) is 5.75 Å². The predicted molar refractivity (Wildman–Crippen MR) is 71.0 cm³/mol. The fourth-order valence-electron chi connectivity index (χ4n) is 1.95. The second-order valence-corrected chi connectivity index (χ2v) is 4.19. The highest BCUT2D eigenvalue weighted by Crippen LogP contribution is 2.25. The molecule has 0 saturated carbocycles. The molecule has 0 atom stereocenters. The van der Waals surface area contributed by atoms with E-state index in [1.54, 1.807) is 36.7 Å². The summed E-state index contributed by atoms with van der Waals surface area (Å²) in [4.78, 5) is 16.0. The van der Waals surface area contributed by atoms with Gasteiger partial charge in [0.1, 0.15) is 5.75 Å². The van der Waals surface area contributed by atoms with Crippen molar-refractivity contribution in [1.29, 1.82) is 0 Å². The standard InChI is InChI=1S/C14H11N3O2/c18-12-5-1-4-11(7-12)17-14(19)8-13(16-17)10-3-2-6-15-9-10/h1-7,9,18H,8H2. The highest BCUT2D eigenvalue weighted by atomic mass is 16.3. The van der Waals surface area contributed by atoms with E-state index in [0.717, 1.165) is 5.56 Å². The minimum absolute atomic E-state index is 0.107. The van der Waals surface area contributed by atoms with Crippen LogP contribution in [0.3, 0.4) is 0 Å². The zero-order chi connectivity index (χ0) is 13.2. The Morgan fingerprint density at radius 1 is 1.21 bits per heavy atom. The number of aromatic hydroxyl groups is 1. The summed E-state index contributed by atoms with van der Waals surface area (Å²) in [5, 5.41) is 15.1. The normalized spacial score (nSPS) is 14.6. The van der Waals surface area contributed by atoms with Crippen LogP contribution in [-0.4, -0.2) is 21.7 Å². The number of nitrogens with zero attached hydrogens (tertiary/aromatic N) is 3. The molecule has 1 amide bonds. The third-order valence-electron chi connectivity index (χ3n) is 2.84. The maximum absolute atomic E-state index is 12.0. The molecule has 1 aromatic heterocycles. The lowest BCUT2D eigenvalue weighted by Gasteiger charge is -2.11. The quantitative estimate of drug-likeness (QED) is 0.889. The summed E-state index contributed by atoms with van der Waals surface area (Å²) in [6, 6.07) is 10.1. The highest BCUT2D eigenvalue weighted by molar-refractivity contribution is 6.19. The first-order valence-electron chi connectivity index (χ1n) is 5.84. The number of phenolic OH excluding ortho intramolecular Hbond substituents is 1. The van der Waals surface area contributed by atoms with E-state index in [1.165, 1.54) is 11.1 Å². The summed E-state index contributed by atoms with van der Waals surface area (Å²) >= 11 is 0. The minimum atomic E-state index is -0.121. The number of hydrogen-bond acceptors (Lipinski definition) is 4. The van der Waals surface area contributed by atoms with E-state index in [1.807, 2.05) is 6.07 Å². The molecule has 0 unspecified atom stereocenters. The summed E-state index contributed by atoms with van der Waals surface area (Å²) in [5.41, 5.74) is 2.07. The maximum Gasteiger partial charge on any atom is 0.253 e. The summed E-state index contributed by atoms with van der Waals surface area (Å²) in [5.74, 6) is -0.0141. The number of aromatic nitrogens is 1. The van der Waals surface area contributed by atoms with Crippen molar-refractivity contribution in [3.63, 3.8) is 0 Å². The van der Waals surface area contributed by atoms with Crippen LogP contribution in [0.25, 0.3) is 0 Å². The molecular weight excluding hydrogens is 242 g/mol. The fraction of sp³-hybridized carbons (Fsp3) is 0.0714. The van der Waals surface area contributed by atoms with Gasteiger partial charge in [0.25, 0.3) is 5.91 Å². The van der Waals surface area contributed by atoms with Crippen molar-refractivity contribution in [2.24, 2.45) is 5.10 Å². The van der Waals surface area contributed by atoms with Crippen molar-refractivity contribution in [3.8, 4) is 5.75 Å². The van der Waals surface area contributed by atoms with E-state index in [-0.39, 0.29) is 18.1 Å². The molecule has 1 aliphatic heterocycles. The Balaban J connectivity index is 1.96. The van der Waals surface area contributed by atoms with Gasteiger partial charge in [-0.05, 0) is 24.3 Å². The van der Waals surface area contributed by atoms with Gasteiger partial charge in [-0.15, -0.1) is 0 Å². The molecule has 0 aliphatic carbocycles. The summed E-state index contributed by atoms with van der Waals surface area (Å²) in [6.07, 6.45) is 3.59. The molecule has 0 radical (unpaired) electrons. The first-order valence-corrected chi connectivity index (χ1v) is 5.84. The van der Waals surface area contributed by atoms with Gasteiger partial charge in [0.2, 0.25) is 0 Å². The van der Waals surface area contributed by atoms with Gasteiger partial charge in [0.05, 0.1) is 17.8 Å². The lowest BCUT2D eigenvalue weighted by atomic mass is 10.1. The Kier molecular flexibility index (Phi) is 2.72. The molecule has 5 heteroatoms. The number of phenols is 1. The van der Waals surface area contributed by atoms with Crippen LogP contribution < -0.4 is 5.01 Å². The van der Waals surface area contributed by atoms with Crippen LogP contribution in [0.1, 0.15) is 12.0 Å². The zero-order valence-corrected chi connectivity index (χ0v) is 10.0. The second kappa shape index (κ2) is 4.53. The van der Waals surface area contributed by atoms with Crippen molar-refractivity contribution in [3.05, 3.63) is 54.4 Å². The number of anilines is 1. The third-order valence-corrected chi connectivity index (χ3v) is 2.84. The zero-order valence-electron chi connectivity index (χ0n) is 10.0. The number of pyridine rings is 1. The Morgan fingerprint density at radius 3 is 2.84 bits per heavy atom. The molecule has 5 nitrogen and oxygen atoms in total. The lowest BCUT2D eigenvalue weighted by molar-refractivity contribution is -0.116. The molecule has 94 valence electrons. The van der Waals surface area contributed by atoms with Gasteiger partial charge in [-0.2, -0.15) is 5.10 Å². The molecule has 1 aromatic carbocycles. The third kappa shape index (κ3) is 2.18. The summed E-state index contributed by atoms with van der Waals surface area (Å²) < 4.78 is 0. The van der Waals surface area contributed by atoms with Gasteiger partial charge in [0, 0.05) is 24.0 Å². The minimum Gasteiger partial charge on any atom is -0.508 e. The van der Waals surface area contributed by atoms with Crippen LogP contribution >= 0.6 is 0 Å². The number of hydrogen-bond donors (Lipinski definition) is 1. The molecule has 1 N–H and O–H groups in total. The highest BCUT2D eigenvalue weighted by Gasteiger charge is 2.26. The molecule has 2 aromatic rings. The van der Waals surface area contributed by atoms with E-state index in [0.29, 0.717) is 11.4 Å². The maximum atomic E-state index is 12.0. The van der Waals surface area contributed by atoms with Crippen molar-refractivity contribution >= 4 is 17.3 Å². The van der Waals surface area contributed by atoms with E-state index in [4.69, 9.17) is 0 Å². The van der Waals surface area contributed by atoms with E-state index < -0.39 is 0 Å². The number of carbonyl (C=O) groups is 1. The van der Waals surface area contributed by atoms with Gasteiger partial charge in [0.15, 0.2) is 0 Å². The Morgan fingerprint density at radius 2 is 2.11 bits per heavy atom. The monoisotopic (exact) mass is 253 g/mol. The van der Waals surface area contributed by atoms with Gasteiger partial charge in [-0.3, -0.25) is 9.78 Å². The SMILES string of the molecule is O=C1CC(c2cccnc2)=NN1c1cccc(O)c1. The van der Waals surface area contributed by atoms with Crippen molar-refractivity contribution < 1.29 is 9.90 Å². The Labute approximate surface area is 109 Å². The molecular formula is C14H11N3O2. The molecule has 0 spiro atoms. The van der Waals surface area contributed by atoms with E-state index in [2.05, 4.69) is 10.1 Å². The fourth-order valence-corrected chi connectivity index (χ4v) is 1.95. The lowest BCUT2D eigenvalue weighted by Crippen LogP contribution is -2.19. The predicted octanol–water partition coefficient (Wildman–Crippen LogP) is 1.93. The number of rotatable bonds is 2. The van der Waals surface area contributed by atoms with Gasteiger partial charge < -0.3 is 5.11 Å². The second-order valence-electron chi connectivity index (χ2n) is 4.19. The van der Waals surface area contributed by atoms with Crippen LogP contribution in [0.15, 0.2) is 53.9 Å². The molecule has 0 fully saturated rings. The van der Waals surface area contributed by atoms with Crippen LogP contribution in [0, 0.1) is 0 Å². The molecule has 0 saturated heterocycles. The molecule has 1 aliphatic rings. The van der Waals surface area contributed by atoms with Gasteiger partial charge in [-0.25, -0.2) is 5.01 Å². The van der Waals surface area contributed by atoms with Crippen LogP contribution in [0.4, 0.5) is 5.69 Å². The van der Waals surface area contributed by atoms with Crippen molar-refractivity contribution in [2.45, 2.75) is 6.42 Å². The largest absolute Gasteiger partial charge is 0.508 e. The molecule has 19 heavy (non-hydrogen) atoms. The van der Waals surface area contributed by atoms with Crippen molar-refractivity contribution in [1.82, 2.24) is 4.98 Å². The summed E-state index contributed by atoms with van der Waals surface area (Å²) in [7, 11) is 0. The topological polar surface area (TPSA) is 65.8 Å². The number of benzene rings is 1. The smallest absolute Gasteiger partial charge is 0.253 e. The first kappa shape index (κ1) is 11.4. The first-order chi connectivity index (χ1) is 9.24. The molecule has 2 heterocycles. The molecule has 0 bridgehead atoms. The summed E-state index contributed by atoms with van der Waals surface area (Å²) in [6.45, 7) is 0. The molecule has 3 rings (SSSR count). The van der Waals surface area contributed by atoms with Crippen LogP contribution in [-0.2, 0) is 4.79 Å².